The Kier molecular flexibility index (Phi) is 13.6. The molecule has 2 atom stereocenters. The second kappa shape index (κ2) is 13.9. The Morgan fingerprint density at radius 2 is 1.58 bits per heavy atom. The Morgan fingerprint density at radius 3 is 2.26 bits per heavy atom. The fraction of sp³-hybridized carbons (Fsp3) is 0.842. The molecule has 19 heavy (non-hydrogen) atoms. The first-order valence-electron chi connectivity index (χ1n) is 8.61. The van der Waals surface area contributed by atoms with Crippen LogP contribution < -0.4 is 0 Å². The molecule has 0 spiro atoms. The van der Waals surface area contributed by atoms with Gasteiger partial charge in [0.2, 0.25) is 0 Å². The summed E-state index contributed by atoms with van der Waals surface area (Å²) in [5, 5.41) is 0. The van der Waals surface area contributed by atoms with E-state index in [1.54, 1.807) is 0 Å². The normalized spacial score (nSPS) is 13.7. The highest BCUT2D eigenvalue weighted by molar-refractivity contribution is 4.88. The fourth-order valence-electron chi connectivity index (χ4n) is 2.46. The molecule has 0 rings (SSSR count). The van der Waals surface area contributed by atoms with E-state index < -0.39 is 0 Å². The Labute approximate surface area is 122 Å². The summed E-state index contributed by atoms with van der Waals surface area (Å²) in [6.07, 6.45) is 18.0. The summed E-state index contributed by atoms with van der Waals surface area (Å²) in [5.74, 6) is 1.57. The zero-order valence-corrected chi connectivity index (χ0v) is 13.9. The highest BCUT2D eigenvalue weighted by atomic mass is 14.1. The van der Waals surface area contributed by atoms with Gasteiger partial charge in [0, 0.05) is 0 Å². The average molecular weight is 264 g/mol. The van der Waals surface area contributed by atoms with Crippen LogP contribution in [0.2, 0.25) is 0 Å². The van der Waals surface area contributed by atoms with Gasteiger partial charge < -0.3 is 0 Å². The highest BCUT2D eigenvalue weighted by Gasteiger charge is 2.00. The molecule has 112 valence electrons. The molecule has 0 amide bonds. The summed E-state index contributed by atoms with van der Waals surface area (Å²) >= 11 is 0. The molecule has 0 saturated heterocycles. The van der Waals surface area contributed by atoms with E-state index in [1.165, 1.54) is 64.2 Å². The molecule has 0 aliphatic carbocycles. The SMILES string of the molecule is CCCCCCCC(C)CCC=C=CC(C)CCC. The average Bonchev–Trinajstić information content (AvgIpc) is 2.38. The van der Waals surface area contributed by atoms with Gasteiger partial charge in [-0.15, -0.1) is 5.73 Å². The monoisotopic (exact) mass is 264 g/mol. The lowest BCUT2D eigenvalue weighted by Gasteiger charge is -2.09. The number of unbranched alkanes of at least 4 members (excludes halogenated alkanes) is 4. The van der Waals surface area contributed by atoms with Crippen molar-refractivity contribution in [2.75, 3.05) is 0 Å². The minimum atomic E-state index is 0.692. The second-order valence-corrected chi connectivity index (χ2v) is 6.19. The Hall–Kier alpha value is -0.480. The van der Waals surface area contributed by atoms with Crippen molar-refractivity contribution in [2.45, 2.75) is 91.9 Å². The zero-order valence-electron chi connectivity index (χ0n) is 13.9. The molecule has 0 aliphatic rings. The van der Waals surface area contributed by atoms with Gasteiger partial charge in [-0.1, -0.05) is 72.6 Å². The molecular weight excluding hydrogens is 228 g/mol. The smallest absolute Gasteiger partial charge is 0.0186 e. The molecule has 0 nitrogen and oxygen atoms in total. The number of allylic oxidation sites excluding steroid dienone is 1. The lowest BCUT2D eigenvalue weighted by Crippen LogP contribution is -1.93. The minimum Gasteiger partial charge on any atom is -0.129 e. The first kappa shape index (κ1) is 18.5. The molecule has 0 aromatic rings. The summed E-state index contributed by atoms with van der Waals surface area (Å²) in [7, 11) is 0. The van der Waals surface area contributed by atoms with Gasteiger partial charge >= 0.3 is 0 Å². The van der Waals surface area contributed by atoms with Crippen LogP contribution in [-0.2, 0) is 0 Å². The van der Waals surface area contributed by atoms with Gasteiger partial charge in [0.15, 0.2) is 0 Å². The molecule has 0 heteroatoms. The Morgan fingerprint density at radius 1 is 0.842 bits per heavy atom. The molecule has 0 N–H and O–H groups in total. The van der Waals surface area contributed by atoms with Crippen molar-refractivity contribution >= 4 is 0 Å². The summed E-state index contributed by atoms with van der Waals surface area (Å²) in [4.78, 5) is 0. The lowest BCUT2D eigenvalue weighted by atomic mass is 9.97. The third-order valence-corrected chi connectivity index (χ3v) is 3.85. The molecule has 0 bridgehead atoms. The summed E-state index contributed by atoms with van der Waals surface area (Å²) in [6.45, 7) is 9.21. The van der Waals surface area contributed by atoms with Crippen molar-refractivity contribution in [2.24, 2.45) is 11.8 Å². The Balaban J connectivity index is 3.51. The maximum absolute atomic E-state index is 3.36. The molecule has 0 saturated carbocycles. The third-order valence-electron chi connectivity index (χ3n) is 3.85. The predicted octanol–water partition coefficient (Wildman–Crippen LogP) is 6.91. The van der Waals surface area contributed by atoms with Gasteiger partial charge in [-0.3, -0.25) is 0 Å². The van der Waals surface area contributed by atoms with E-state index in [9.17, 15) is 0 Å². The van der Waals surface area contributed by atoms with Crippen molar-refractivity contribution < 1.29 is 0 Å². The molecule has 0 radical (unpaired) electrons. The van der Waals surface area contributed by atoms with E-state index in [2.05, 4.69) is 45.6 Å². The van der Waals surface area contributed by atoms with Crippen molar-refractivity contribution in [1.29, 1.82) is 0 Å². The van der Waals surface area contributed by atoms with Crippen molar-refractivity contribution in [3.63, 3.8) is 0 Å². The largest absolute Gasteiger partial charge is 0.129 e. The molecule has 0 heterocycles. The van der Waals surface area contributed by atoms with Gasteiger partial charge in [-0.2, -0.15) is 0 Å². The second-order valence-electron chi connectivity index (χ2n) is 6.19. The number of hydrogen-bond donors (Lipinski definition) is 0. The zero-order chi connectivity index (χ0) is 14.3. The standard InChI is InChI=1S/C19H36/c1-5-7-8-9-11-16-19(4)17-13-10-12-15-18(3)14-6-2/h10,15,18-19H,5-9,11,13-14,16-17H2,1-4H3. The summed E-state index contributed by atoms with van der Waals surface area (Å²) in [6, 6.07) is 0. The fourth-order valence-corrected chi connectivity index (χ4v) is 2.46. The van der Waals surface area contributed by atoms with Crippen LogP contribution in [0.5, 0.6) is 0 Å². The minimum absolute atomic E-state index is 0.692. The van der Waals surface area contributed by atoms with Crippen LogP contribution in [0.25, 0.3) is 0 Å². The predicted molar refractivity (Wildman–Crippen MR) is 88.5 cm³/mol. The topological polar surface area (TPSA) is 0 Å². The lowest BCUT2D eigenvalue weighted by molar-refractivity contribution is 0.460. The highest BCUT2D eigenvalue weighted by Crippen LogP contribution is 2.16. The van der Waals surface area contributed by atoms with Crippen molar-refractivity contribution in [1.82, 2.24) is 0 Å². The number of rotatable bonds is 12. The van der Waals surface area contributed by atoms with Crippen molar-refractivity contribution in [3.05, 3.63) is 17.9 Å². The van der Waals surface area contributed by atoms with E-state index in [0.717, 1.165) is 5.92 Å². The van der Waals surface area contributed by atoms with Crippen LogP contribution in [0.4, 0.5) is 0 Å². The summed E-state index contributed by atoms with van der Waals surface area (Å²) in [5.41, 5.74) is 3.36. The van der Waals surface area contributed by atoms with Crippen LogP contribution in [0.3, 0.4) is 0 Å². The quantitative estimate of drug-likeness (QED) is 0.265. The molecule has 0 fully saturated rings. The van der Waals surface area contributed by atoms with E-state index >= 15 is 0 Å². The first-order valence-corrected chi connectivity index (χ1v) is 8.61. The summed E-state index contributed by atoms with van der Waals surface area (Å²) < 4.78 is 0. The van der Waals surface area contributed by atoms with E-state index in [-0.39, 0.29) is 0 Å². The van der Waals surface area contributed by atoms with E-state index in [4.69, 9.17) is 0 Å². The molecule has 0 aromatic heterocycles. The molecule has 0 aliphatic heterocycles. The van der Waals surface area contributed by atoms with E-state index in [0.29, 0.717) is 5.92 Å². The Bertz CT molecular complexity index is 232. The first-order chi connectivity index (χ1) is 9.20. The van der Waals surface area contributed by atoms with Gasteiger partial charge in [-0.25, -0.2) is 0 Å². The van der Waals surface area contributed by atoms with E-state index in [1.807, 2.05) is 0 Å². The molecule has 2 unspecified atom stereocenters. The molecular formula is C19H36. The van der Waals surface area contributed by atoms with Crippen LogP contribution in [0.15, 0.2) is 17.9 Å². The van der Waals surface area contributed by atoms with Gasteiger partial charge in [0.25, 0.3) is 0 Å². The maximum Gasteiger partial charge on any atom is -0.0186 e. The van der Waals surface area contributed by atoms with Gasteiger partial charge in [0.1, 0.15) is 0 Å². The third kappa shape index (κ3) is 13.7. The number of hydrogen-bond acceptors (Lipinski definition) is 0. The maximum atomic E-state index is 3.36. The van der Waals surface area contributed by atoms with Crippen LogP contribution in [0.1, 0.15) is 91.9 Å². The van der Waals surface area contributed by atoms with Crippen LogP contribution in [0, 0.1) is 11.8 Å². The van der Waals surface area contributed by atoms with Gasteiger partial charge in [-0.05, 0) is 43.3 Å². The van der Waals surface area contributed by atoms with Crippen molar-refractivity contribution in [3.8, 4) is 0 Å². The van der Waals surface area contributed by atoms with Gasteiger partial charge in [0.05, 0.1) is 0 Å². The van der Waals surface area contributed by atoms with Crippen LogP contribution in [-0.4, -0.2) is 0 Å². The van der Waals surface area contributed by atoms with Crippen LogP contribution >= 0.6 is 0 Å². The molecule has 0 aromatic carbocycles.